The van der Waals surface area contributed by atoms with Crippen LogP contribution in [-0.4, -0.2) is 12.1 Å². The molecule has 0 aliphatic heterocycles. The highest BCUT2D eigenvalue weighted by Gasteiger charge is 2.07. The summed E-state index contributed by atoms with van der Waals surface area (Å²) in [5.74, 6) is 0. The van der Waals surface area contributed by atoms with Crippen LogP contribution >= 0.6 is 0 Å². The van der Waals surface area contributed by atoms with E-state index in [1.54, 1.807) is 0 Å². The third kappa shape index (κ3) is 2.76. The minimum Gasteiger partial charge on any atom is -0.382 e. The number of hydrogen-bond donors (Lipinski definition) is 2. The van der Waals surface area contributed by atoms with E-state index in [1.165, 1.54) is 22.1 Å². The Balaban J connectivity index is 2.56. The van der Waals surface area contributed by atoms with Crippen molar-refractivity contribution in [3.63, 3.8) is 0 Å². The third-order valence-corrected chi connectivity index (χ3v) is 2.79. The summed E-state index contributed by atoms with van der Waals surface area (Å²) in [6.07, 6.45) is 0. The van der Waals surface area contributed by atoms with Crippen molar-refractivity contribution in [3.8, 4) is 0 Å². The molecule has 0 radical (unpaired) electrons. The van der Waals surface area contributed by atoms with Crippen molar-refractivity contribution in [2.45, 2.75) is 39.8 Å². The highest BCUT2D eigenvalue weighted by atomic mass is 14.9. The Morgan fingerprint density at radius 1 is 0.722 bits per heavy atom. The zero-order valence-electron chi connectivity index (χ0n) is 11.6. The molecule has 2 aromatic rings. The lowest BCUT2D eigenvalue weighted by molar-refractivity contribution is 0.897. The topological polar surface area (TPSA) is 24.1 Å². The van der Waals surface area contributed by atoms with E-state index >= 15 is 0 Å². The molecule has 0 atom stereocenters. The molecular formula is C16H22N2. The number of anilines is 2. The Morgan fingerprint density at radius 3 is 1.56 bits per heavy atom. The van der Waals surface area contributed by atoms with E-state index in [0.29, 0.717) is 12.1 Å². The molecule has 0 fully saturated rings. The number of nitrogens with one attached hydrogen (secondary N) is 2. The second-order valence-corrected chi connectivity index (χ2v) is 5.31. The number of rotatable bonds is 4. The first-order valence-electron chi connectivity index (χ1n) is 6.62. The third-order valence-electron chi connectivity index (χ3n) is 2.79. The first-order chi connectivity index (χ1) is 8.58. The van der Waals surface area contributed by atoms with Crippen molar-refractivity contribution in [3.05, 3.63) is 36.4 Å². The summed E-state index contributed by atoms with van der Waals surface area (Å²) in [5, 5.41) is 9.59. The standard InChI is InChI=1S/C16H22N2/c1-11(2)17-14-9-5-7-13-8-6-10-15(16(13)14)18-12(3)4/h5-12,17-18H,1-4H3. The van der Waals surface area contributed by atoms with E-state index in [2.05, 4.69) is 74.7 Å². The van der Waals surface area contributed by atoms with Gasteiger partial charge < -0.3 is 10.6 Å². The molecule has 0 aliphatic carbocycles. The Bertz CT molecular complexity index is 485. The van der Waals surface area contributed by atoms with Crippen LogP contribution in [-0.2, 0) is 0 Å². The molecule has 0 aliphatic rings. The summed E-state index contributed by atoms with van der Waals surface area (Å²) >= 11 is 0. The van der Waals surface area contributed by atoms with Crippen LogP contribution in [0.15, 0.2) is 36.4 Å². The fourth-order valence-electron chi connectivity index (χ4n) is 2.20. The molecule has 0 spiro atoms. The van der Waals surface area contributed by atoms with E-state index in [4.69, 9.17) is 0 Å². The molecule has 18 heavy (non-hydrogen) atoms. The molecule has 2 aromatic carbocycles. The number of fused-ring (bicyclic) bond motifs is 1. The Labute approximate surface area is 109 Å². The molecule has 0 saturated carbocycles. The lowest BCUT2D eigenvalue weighted by Crippen LogP contribution is -2.12. The summed E-state index contributed by atoms with van der Waals surface area (Å²) < 4.78 is 0. The summed E-state index contributed by atoms with van der Waals surface area (Å²) in [7, 11) is 0. The van der Waals surface area contributed by atoms with Crippen molar-refractivity contribution < 1.29 is 0 Å². The van der Waals surface area contributed by atoms with Crippen LogP contribution in [0.3, 0.4) is 0 Å². The van der Waals surface area contributed by atoms with Gasteiger partial charge in [-0.2, -0.15) is 0 Å². The zero-order chi connectivity index (χ0) is 13.1. The van der Waals surface area contributed by atoms with Gasteiger partial charge in [0.15, 0.2) is 0 Å². The van der Waals surface area contributed by atoms with Gasteiger partial charge in [-0.3, -0.25) is 0 Å². The minimum absolute atomic E-state index is 0.433. The molecule has 0 aromatic heterocycles. The van der Waals surface area contributed by atoms with Crippen LogP contribution < -0.4 is 10.6 Å². The van der Waals surface area contributed by atoms with Crippen LogP contribution in [0, 0.1) is 0 Å². The quantitative estimate of drug-likeness (QED) is 0.826. The molecule has 0 saturated heterocycles. The van der Waals surface area contributed by atoms with Gasteiger partial charge in [0, 0.05) is 28.8 Å². The van der Waals surface area contributed by atoms with Crippen molar-refractivity contribution in [1.82, 2.24) is 0 Å². The molecular weight excluding hydrogens is 220 g/mol. The lowest BCUT2D eigenvalue weighted by atomic mass is 10.1. The highest BCUT2D eigenvalue weighted by Crippen LogP contribution is 2.31. The van der Waals surface area contributed by atoms with Gasteiger partial charge in [0.05, 0.1) is 0 Å². The Hall–Kier alpha value is -1.70. The predicted octanol–water partition coefficient (Wildman–Crippen LogP) is 4.48. The minimum atomic E-state index is 0.433. The molecule has 96 valence electrons. The Kier molecular flexibility index (Phi) is 3.75. The van der Waals surface area contributed by atoms with E-state index in [9.17, 15) is 0 Å². The van der Waals surface area contributed by atoms with E-state index in [-0.39, 0.29) is 0 Å². The van der Waals surface area contributed by atoms with Gasteiger partial charge in [0.25, 0.3) is 0 Å². The maximum Gasteiger partial charge on any atom is 0.0442 e. The first-order valence-corrected chi connectivity index (χ1v) is 6.62. The van der Waals surface area contributed by atoms with Gasteiger partial charge in [-0.05, 0) is 45.2 Å². The number of benzene rings is 2. The smallest absolute Gasteiger partial charge is 0.0442 e. The largest absolute Gasteiger partial charge is 0.382 e. The monoisotopic (exact) mass is 242 g/mol. The molecule has 2 N–H and O–H groups in total. The lowest BCUT2D eigenvalue weighted by Gasteiger charge is -2.18. The first kappa shape index (κ1) is 12.7. The SMILES string of the molecule is CC(C)Nc1cccc2cccc(NC(C)C)c12. The molecule has 0 heterocycles. The fraction of sp³-hybridized carbons (Fsp3) is 0.375. The predicted molar refractivity (Wildman–Crippen MR) is 81.5 cm³/mol. The average Bonchev–Trinajstić information content (AvgIpc) is 2.27. The second-order valence-electron chi connectivity index (χ2n) is 5.31. The molecule has 2 nitrogen and oxygen atoms in total. The van der Waals surface area contributed by atoms with Crippen LogP contribution in [0.4, 0.5) is 11.4 Å². The van der Waals surface area contributed by atoms with Crippen LogP contribution in [0.25, 0.3) is 10.8 Å². The summed E-state index contributed by atoms with van der Waals surface area (Å²) in [5.41, 5.74) is 2.40. The molecule has 2 rings (SSSR count). The number of hydrogen-bond acceptors (Lipinski definition) is 2. The summed E-state index contributed by atoms with van der Waals surface area (Å²) in [6.45, 7) is 8.66. The fourth-order valence-corrected chi connectivity index (χ4v) is 2.20. The van der Waals surface area contributed by atoms with Gasteiger partial charge in [0.1, 0.15) is 0 Å². The van der Waals surface area contributed by atoms with Gasteiger partial charge in [-0.15, -0.1) is 0 Å². The normalized spacial score (nSPS) is 11.2. The summed E-state index contributed by atoms with van der Waals surface area (Å²) in [4.78, 5) is 0. The molecule has 0 unspecified atom stereocenters. The Morgan fingerprint density at radius 2 is 1.17 bits per heavy atom. The molecule has 2 heteroatoms. The van der Waals surface area contributed by atoms with Gasteiger partial charge in [0.2, 0.25) is 0 Å². The van der Waals surface area contributed by atoms with Crippen LogP contribution in [0.2, 0.25) is 0 Å². The van der Waals surface area contributed by atoms with Crippen LogP contribution in [0.1, 0.15) is 27.7 Å². The van der Waals surface area contributed by atoms with Crippen molar-refractivity contribution in [1.29, 1.82) is 0 Å². The van der Waals surface area contributed by atoms with Gasteiger partial charge >= 0.3 is 0 Å². The van der Waals surface area contributed by atoms with E-state index < -0.39 is 0 Å². The van der Waals surface area contributed by atoms with Crippen molar-refractivity contribution >= 4 is 22.1 Å². The van der Waals surface area contributed by atoms with Crippen molar-refractivity contribution in [2.24, 2.45) is 0 Å². The van der Waals surface area contributed by atoms with Crippen molar-refractivity contribution in [2.75, 3.05) is 10.6 Å². The maximum atomic E-state index is 3.52. The van der Waals surface area contributed by atoms with E-state index in [1.807, 2.05) is 0 Å². The molecule has 0 amide bonds. The highest BCUT2D eigenvalue weighted by molar-refractivity contribution is 6.03. The molecule has 0 bridgehead atoms. The van der Waals surface area contributed by atoms with Gasteiger partial charge in [-0.25, -0.2) is 0 Å². The van der Waals surface area contributed by atoms with Gasteiger partial charge in [-0.1, -0.05) is 24.3 Å². The maximum absolute atomic E-state index is 3.52. The second kappa shape index (κ2) is 5.30. The summed E-state index contributed by atoms with van der Waals surface area (Å²) in [6, 6.07) is 13.7. The van der Waals surface area contributed by atoms with E-state index in [0.717, 1.165) is 0 Å². The van der Waals surface area contributed by atoms with Crippen LogP contribution in [0.5, 0.6) is 0 Å². The average molecular weight is 242 g/mol. The zero-order valence-corrected chi connectivity index (χ0v) is 11.6.